The number of rotatable bonds is 3. The number of halogens is 1. The van der Waals surface area contributed by atoms with Gasteiger partial charge in [-0.3, -0.25) is 10.1 Å². The number of nitrogens with one attached hydrogen (secondary N) is 2. The Kier molecular flexibility index (Phi) is 5.19. The topological polar surface area (TPSA) is 70.6 Å². The third kappa shape index (κ3) is 3.87. The zero-order valence-electron chi connectivity index (χ0n) is 11.6. The van der Waals surface area contributed by atoms with Gasteiger partial charge in [0.05, 0.1) is 23.4 Å². The monoisotopic (exact) mass is 336 g/mol. The zero-order valence-corrected chi connectivity index (χ0v) is 13.2. The number of phenols is 1. The third-order valence-corrected chi connectivity index (χ3v) is 3.33. The highest BCUT2D eigenvalue weighted by atomic mass is 35.5. The first-order chi connectivity index (χ1) is 10.5. The Bertz CT molecular complexity index is 722. The van der Waals surface area contributed by atoms with Gasteiger partial charge in [0.25, 0.3) is 5.91 Å². The lowest BCUT2D eigenvalue weighted by atomic mass is 10.2. The first kappa shape index (κ1) is 16.1. The molecule has 0 heterocycles. The number of phenolic OH excluding ortho intramolecular Hbond substituents is 1. The van der Waals surface area contributed by atoms with Crippen molar-refractivity contribution in [1.29, 1.82) is 0 Å². The summed E-state index contributed by atoms with van der Waals surface area (Å²) >= 11 is 11.0. The van der Waals surface area contributed by atoms with Crippen molar-refractivity contribution in [1.82, 2.24) is 5.32 Å². The highest BCUT2D eigenvalue weighted by molar-refractivity contribution is 7.80. The van der Waals surface area contributed by atoms with Crippen LogP contribution in [0.1, 0.15) is 10.4 Å². The maximum absolute atomic E-state index is 12.1. The number of methoxy groups -OCH3 is 1. The summed E-state index contributed by atoms with van der Waals surface area (Å²) in [6.45, 7) is 0. The largest absolute Gasteiger partial charge is 0.506 e. The molecule has 1 amide bonds. The quantitative estimate of drug-likeness (QED) is 0.593. The van der Waals surface area contributed by atoms with Crippen LogP contribution in [0.2, 0.25) is 5.02 Å². The zero-order chi connectivity index (χ0) is 16.1. The second kappa shape index (κ2) is 7.11. The number of amides is 1. The highest BCUT2D eigenvalue weighted by Gasteiger charge is 2.12. The number of aromatic hydroxyl groups is 1. The first-order valence-corrected chi connectivity index (χ1v) is 7.03. The summed E-state index contributed by atoms with van der Waals surface area (Å²) < 4.78 is 5.06. The van der Waals surface area contributed by atoms with E-state index < -0.39 is 5.91 Å². The maximum atomic E-state index is 12.1. The SMILES string of the molecule is COc1ccc(O)c(NC(=S)NC(=O)c2ccccc2Cl)c1. The minimum atomic E-state index is -0.439. The molecule has 0 aliphatic heterocycles. The molecule has 0 spiro atoms. The molecular formula is C15H13ClN2O3S. The number of benzene rings is 2. The molecule has 0 bridgehead atoms. The Hall–Kier alpha value is -2.31. The van der Waals surface area contributed by atoms with E-state index in [2.05, 4.69) is 10.6 Å². The molecule has 5 nitrogen and oxygen atoms in total. The van der Waals surface area contributed by atoms with Crippen molar-refractivity contribution >= 4 is 40.5 Å². The van der Waals surface area contributed by atoms with Gasteiger partial charge >= 0.3 is 0 Å². The number of anilines is 1. The van der Waals surface area contributed by atoms with E-state index in [4.69, 9.17) is 28.6 Å². The molecule has 2 aromatic carbocycles. The average molecular weight is 337 g/mol. The number of carbonyl (C=O) groups excluding carboxylic acids is 1. The van der Waals surface area contributed by atoms with E-state index in [1.165, 1.54) is 13.2 Å². The summed E-state index contributed by atoms with van der Waals surface area (Å²) in [6.07, 6.45) is 0. The van der Waals surface area contributed by atoms with Crippen LogP contribution in [0.4, 0.5) is 5.69 Å². The molecule has 7 heteroatoms. The minimum absolute atomic E-state index is 0.0184. The Labute approximate surface area is 137 Å². The Balaban J connectivity index is 2.07. The van der Waals surface area contributed by atoms with E-state index in [9.17, 15) is 9.90 Å². The number of hydrogen-bond donors (Lipinski definition) is 3. The fraction of sp³-hybridized carbons (Fsp3) is 0.0667. The molecule has 0 aromatic heterocycles. The van der Waals surface area contributed by atoms with Crippen molar-refractivity contribution in [3.8, 4) is 11.5 Å². The maximum Gasteiger partial charge on any atom is 0.258 e. The molecule has 0 saturated heterocycles. The summed E-state index contributed by atoms with van der Waals surface area (Å²) in [5.41, 5.74) is 0.631. The Morgan fingerprint density at radius 1 is 1.27 bits per heavy atom. The summed E-state index contributed by atoms with van der Waals surface area (Å²) in [4.78, 5) is 12.1. The van der Waals surface area contributed by atoms with Gasteiger partial charge < -0.3 is 15.2 Å². The molecule has 0 atom stereocenters. The smallest absolute Gasteiger partial charge is 0.258 e. The van der Waals surface area contributed by atoms with Crippen LogP contribution in [-0.4, -0.2) is 23.2 Å². The van der Waals surface area contributed by atoms with E-state index in [0.717, 1.165) is 0 Å². The molecule has 2 rings (SSSR count). The number of ether oxygens (including phenoxy) is 1. The van der Waals surface area contributed by atoms with Crippen molar-refractivity contribution in [3.05, 3.63) is 53.1 Å². The van der Waals surface area contributed by atoms with Crippen LogP contribution in [0.5, 0.6) is 11.5 Å². The molecular weight excluding hydrogens is 324 g/mol. The first-order valence-electron chi connectivity index (χ1n) is 6.25. The highest BCUT2D eigenvalue weighted by Crippen LogP contribution is 2.27. The van der Waals surface area contributed by atoms with Crippen LogP contribution in [0.15, 0.2) is 42.5 Å². The van der Waals surface area contributed by atoms with Crippen LogP contribution in [0, 0.1) is 0 Å². The second-order valence-corrected chi connectivity index (χ2v) is 5.09. The fourth-order valence-electron chi connectivity index (χ4n) is 1.71. The van der Waals surface area contributed by atoms with E-state index in [1.54, 1.807) is 36.4 Å². The average Bonchev–Trinajstić information content (AvgIpc) is 2.49. The molecule has 0 fully saturated rings. The summed E-state index contributed by atoms with van der Waals surface area (Å²) in [5, 5.41) is 15.4. The molecule has 0 aliphatic rings. The molecule has 3 N–H and O–H groups in total. The third-order valence-electron chi connectivity index (χ3n) is 2.80. The Morgan fingerprint density at radius 2 is 2.00 bits per heavy atom. The van der Waals surface area contributed by atoms with Gasteiger partial charge in [-0.25, -0.2) is 0 Å². The van der Waals surface area contributed by atoms with Gasteiger partial charge in [0.2, 0.25) is 0 Å². The van der Waals surface area contributed by atoms with Crippen molar-refractivity contribution in [2.24, 2.45) is 0 Å². The van der Waals surface area contributed by atoms with Gasteiger partial charge in [-0.2, -0.15) is 0 Å². The molecule has 2 aromatic rings. The van der Waals surface area contributed by atoms with E-state index in [-0.39, 0.29) is 10.9 Å². The molecule has 0 aliphatic carbocycles. The summed E-state index contributed by atoms with van der Waals surface area (Å²) in [7, 11) is 1.51. The van der Waals surface area contributed by atoms with Crippen molar-refractivity contribution < 1.29 is 14.6 Å². The fourth-order valence-corrected chi connectivity index (χ4v) is 2.14. The molecule has 0 unspecified atom stereocenters. The van der Waals surface area contributed by atoms with Crippen molar-refractivity contribution in [3.63, 3.8) is 0 Å². The molecule has 22 heavy (non-hydrogen) atoms. The van der Waals surface area contributed by atoms with E-state index in [0.29, 0.717) is 22.0 Å². The van der Waals surface area contributed by atoms with Crippen LogP contribution < -0.4 is 15.4 Å². The normalized spacial score (nSPS) is 9.91. The van der Waals surface area contributed by atoms with Crippen LogP contribution >= 0.6 is 23.8 Å². The van der Waals surface area contributed by atoms with E-state index in [1.807, 2.05) is 0 Å². The van der Waals surface area contributed by atoms with Crippen LogP contribution in [0.3, 0.4) is 0 Å². The van der Waals surface area contributed by atoms with Crippen LogP contribution in [0.25, 0.3) is 0 Å². The summed E-state index contributed by atoms with van der Waals surface area (Å²) in [5.74, 6) is 0.0844. The lowest BCUT2D eigenvalue weighted by Crippen LogP contribution is -2.34. The number of carbonyl (C=O) groups is 1. The van der Waals surface area contributed by atoms with Gasteiger partial charge in [0.1, 0.15) is 11.5 Å². The minimum Gasteiger partial charge on any atom is -0.506 e. The second-order valence-electron chi connectivity index (χ2n) is 4.27. The van der Waals surface area contributed by atoms with Gasteiger partial charge in [-0.05, 0) is 36.5 Å². The van der Waals surface area contributed by atoms with Crippen molar-refractivity contribution in [2.45, 2.75) is 0 Å². The number of hydrogen-bond acceptors (Lipinski definition) is 4. The van der Waals surface area contributed by atoms with Crippen molar-refractivity contribution in [2.75, 3.05) is 12.4 Å². The predicted molar refractivity (Wildman–Crippen MR) is 89.8 cm³/mol. The van der Waals surface area contributed by atoms with Gasteiger partial charge in [0.15, 0.2) is 5.11 Å². The number of thiocarbonyl (C=S) groups is 1. The van der Waals surface area contributed by atoms with Crippen LogP contribution in [-0.2, 0) is 0 Å². The molecule has 0 saturated carbocycles. The molecule has 114 valence electrons. The Morgan fingerprint density at radius 3 is 2.68 bits per heavy atom. The van der Waals surface area contributed by atoms with Gasteiger partial charge in [0, 0.05) is 6.07 Å². The molecule has 0 radical (unpaired) electrons. The summed E-state index contributed by atoms with van der Waals surface area (Å²) in [6, 6.07) is 11.2. The van der Waals surface area contributed by atoms with E-state index >= 15 is 0 Å². The lowest BCUT2D eigenvalue weighted by Gasteiger charge is -2.12. The predicted octanol–water partition coefficient (Wildman–Crippen LogP) is 3.18. The van der Waals surface area contributed by atoms with Gasteiger partial charge in [-0.1, -0.05) is 23.7 Å². The standard InChI is InChI=1S/C15H13ClN2O3S/c1-21-9-6-7-13(19)12(8-9)17-15(22)18-14(20)10-4-2-3-5-11(10)16/h2-8,19H,1H3,(H2,17,18,20,22). The van der Waals surface area contributed by atoms with Gasteiger partial charge in [-0.15, -0.1) is 0 Å². The lowest BCUT2D eigenvalue weighted by molar-refractivity contribution is 0.0978.